The number of carbonyl (C=O) groups excluding carboxylic acids is 1. The van der Waals surface area contributed by atoms with Crippen molar-refractivity contribution < 1.29 is 23.4 Å². The lowest BCUT2D eigenvalue weighted by Crippen LogP contribution is -2.26. The highest BCUT2D eigenvalue weighted by Gasteiger charge is 2.28. The first-order valence-corrected chi connectivity index (χ1v) is 4.89. The molecule has 0 bridgehead atoms. The summed E-state index contributed by atoms with van der Waals surface area (Å²) in [5, 5.41) is 8.04. The Labute approximate surface area is 85.7 Å². The normalized spacial score (nSPS) is 20.3. The zero-order valence-electron chi connectivity index (χ0n) is 6.68. The topological polar surface area (TPSA) is 80.7 Å². The van der Waals surface area contributed by atoms with Crippen LogP contribution in [0.15, 0.2) is 23.3 Å². The molecule has 1 aliphatic carbocycles. The van der Waals surface area contributed by atoms with Gasteiger partial charge in [0.1, 0.15) is 10.8 Å². The summed E-state index contributed by atoms with van der Waals surface area (Å²) in [7, 11) is -2.63. The smallest absolute Gasteiger partial charge is 0.300 e. The van der Waals surface area contributed by atoms with Crippen LogP contribution < -0.4 is 0 Å². The van der Waals surface area contributed by atoms with Crippen LogP contribution in [0.2, 0.25) is 0 Å². The second-order valence-corrected chi connectivity index (χ2v) is 3.70. The van der Waals surface area contributed by atoms with Crippen LogP contribution in [0.5, 0.6) is 0 Å². The largest absolute Gasteiger partial charge is 0.354 e. The highest BCUT2D eigenvalue weighted by molar-refractivity contribution is 7.73. The van der Waals surface area contributed by atoms with E-state index in [1.165, 1.54) is 18.2 Å². The Morgan fingerprint density at radius 3 is 2.71 bits per heavy atom. The fourth-order valence-electron chi connectivity index (χ4n) is 0.995. The maximum absolute atomic E-state index is 10.9. The first kappa shape index (κ1) is 11.0. The summed E-state index contributed by atoms with van der Waals surface area (Å²) < 4.78 is 21.4. The zero-order chi connectivity index (χ0) is 10.7. The predicted octanol–water partition coefficient (Wildman–Crippen LogP) is 0.363. The summed E-state index contributed by atoms with van der Waals surface area (Å²) in [6, 6.07) is 0. The molecule has 14 heavy (non-hydrogen) atoms. The van der Waals surface area contributed by atoms with Gasteiger partial charge in [0.2, 0.25) is 10.3 Å². The fourth-order valence-corrected chi connectivity index (χ4v) is 1.98. The van der Waals surface area contributed by atoms with Crippen molar-refractivity contribution in [1.29, 1.82) is 0 Å². The van der Waals surface area contributed by atoms with Gasteiger partial charge in [0, 0.05) is 0 Å². The quantitative estimate of drug-likeness (QED) is 0.404. The van der Waals surface area contributed by atoms with E-state index < -0.39 is 22.2 Å². The lowest BCUT2D eigenvalue weighted by atomic mass is 10.0. The molecule has 0 aromatic rings. The maximum atomic E-state index is 10.9. The van der Waals surface area contributed by atoms with Crippen LogP contribution in [0.25, 0.3) is 0 Å². The van der Waals surface area contributed by atoms with Gasteiger partial charge in [-0.15, -0.1) is 0 Å². The third-order valence-electron chi connectivity index (χ3n) is 1.59. The van der Waals surface area contributed by atoms with Crippen LogP contribution in [0, 0.1) is 5.92 Å². The van der Waals surface area contributed by atoms with Gasteiger partial charge >= 0.3 is 5.97 Å². The third kappa shape index (κ3) is 2.03. The summed E-state index contributed by atoms with van der Waals surface area (Å²) in [6.07, 6.45) is 3.99. The fraction of sp³-hybridized carbons (Fsp3) is 0.143. The monoisotopic (exact) mass is 236 g/mol. The van der Waals surface area contributed by atoms with Crippen LogP contribution in [0.3, 0.4) is 0 Å². The minimum Gasteiger partial charge on any atom is -0.300 e. The summed E-state index contributed by atoms with van der Waals surface area (Å²) in [4.78, 5) is 14.1. The second-order valence-electron chi connectivity index (χ2n) is 2.39. The van der Waals surface area contributed by atoms with E-state index in [1.807, 2.05) is 0 Å². The maximum Gasteiger partial charge on any atom is 0.354 e. The first-order valence-electron chi connectivity index (χ1n) is 3.43. The van der Waals surface area contributed by atoms with Crippen LogP contribution in [-0.4, -0.2) is 24.5 Å². The van der Waals surface area contributed by atoms with E-state index in [0.717, 1.165) is 0 Å². The summed E-state index contributed by atoms with van der Waals surface area (Å²) in [5.74, 6) is -2.28. The molecule has 0 saturated carbocycles. The molecular formula is C7H5ClO5S. The molecule has 0 aliphatic heterocycles. The molecule has 1 aliphatic rings. The second kappa shape index (κ2) is 4.41. The molecule has 0 saturated heterocycles. The van der Waals surface area contributed by atoms with Gasteiger partial charge in [0.15, 0.2) is 0 Å². The average Bonchev–Trinajstić information content (AvgIpc) is 2.15. The number of rotatable bonds is 1. The van der Waals surface area contributed by atoms with Crippen LogP contribution >= 0.6 is 11.6 Å². The van der Waals surface area contributed by atoms with Crippen molar-refractivity contribution in [3.63, 3.8) is 0 Å². The van der Waals surface area contributed by atoms with Crippen molar-refractivity contribution in [3.05, 3.63) is 23.3 Å². The minimum atomic E-state index is -2.63. The van der Waals surface area contributed by atoms with Gasteiger partial charge in [-0.25, -0.2) is 4.79 Å². The molecule has 0 aromatic carbocycles. The molecule has 7 heteroatoms. The van der Waals surface area contributed by atoms with E-state index >= 15 is 0 Å². The van der Waals surface area contributed by atoms with Crippen LogP contribution in [0.1, 0.15) is 0 Å². The van der Waals surface area contributed by atoms with Gasteiger partial charge in [0.05, 0.1) is 5.03 Å². The Bertz CT molecular complexity index is 437. The van der Waals surface area contributed by atoms with E-state index in [9.17, 15) is 13.2 Å². The average molecular weight is 237 g/mol. The van der Waals surface area contributed by atoms with E-state index in [0.29, 0.717) is 0 Å². The molecule has 76 valence electrons. The standard InChI is InChI=1S/C7H5ClO5S/c8-5-3-1-2-4(7(9)13-10)6(5)14(11)12/h1-4,10H. The lowest BCUT2D eigenvalue weighted by Gasteiger charge is -2.11. The minimum absolute atomic E-state index is 0.0729. The highest BCUT2D eigenvalue weighted by Crippen LogP contribution is 2.19. The van der Waals surface area contributed by atoms with E-state index in [1.54, 1.807) is 0 Å². The molecule has 0 aromatic heterocycles. The summed E-state index contributed by atoms with van der Waals surface area (Å²) in [5.41, 5.74) is 0. The molecule has 5 nitrogen and oxygen atoms in total. The Morgan fingerprint density at radius 2 is 2.21 bits per heavy atom. The van der Waals surface area contributed by atoms with Gasteiger partial charge in [0.25, 0.3) is 0 Å². The molecule has 1 rings (SSSR count). The van der Waals surface area contributed by atoms with E-state index in [-0.39, 0.29) is 9.90 Å². The molecule has 1 atom stereocenters. The Kier molecular flexibility index (Phi) is 3.45. The molecule has 1 unspecified atom stereocenters. The van der Waals surface area contributed by atoms with Gasteiger partial charge in [-0.05, 0) is 6.08 Å². The number of allylic oxidation sites excluding steroid dienone is 3. The van der Waals surface area contributed by atoms with Crippen molar-refractivity contribution in [2.45, 2.75) is 0 Å². The SMILES string of the molecule is O=C(OO)C1C=CC=C(Cl)C1=S(=O)=O. The van der Waals surface area contributed by atoms with Gasteiger partial charge in [-0.1, -0.05) is 23.8 Å². The lowest BCUT2D eigenvalue weighted by molar-refractivity contribution is -0.235. The molecule has 0 amide bonds. The van der Waals surface area contributed by atoms with Crippen molar-refractivity contribution in [2.75, 3.05) is 0 Å². The van der Waals surface area contributed by atoms with Gasteiger partial charge < -0.3 is 0 Å². The van der Waals surface area contributed by atoms with Gasteiger partial charge in [-0.2, -0.15) is 13.7 Å². The highest BCUT2D eigenvalue weighted by atomic mass is 35.5. The van der Waals surface area contributed by atoms with E-state index in [4.69, 9.17) is 16.9 Å². The molecule has 0 radical (unpaired) electrons. The van der Waals surface area contributed by atoms with Crippen molar-refractivity contribution in [3.8, 4) is 0 Å². The van der Waals surface area contributed by atoms with Crippen LogP contribution in [0.4, 0.5) is 0 Å². The molecule has 0 fully saturated rings. The molecular weight excluding hydrogens is 232 g/mol. The Hall–Kier alpha value is -1.11. The number of hydrogen-bond donors (Lipinski definition) is 1. The molecule has 0 heterocycles. The first-order chi connectivity index (χ1) is 6.57. The van der Waals surface area contributed by atoms with Crippen molar-refractivity contribution in [1.82, 2.24) is 0 Å². The van der Waals surface area contributed by atoms with Crippen molar-refractivity contribution >= 4 is 32.7 Å². The number of carbonyl (C=O) groups is 1. The van der Waals surface area contributed by atoms with Gasteiger partial charge in [-0.3, -0.25) is 4.89 Å². The van der Waals surface area contributed by atoms with E-state index in [2.05, 4.69) is 4.89 Å². The molecule has 0 spiro atoms. The Balaban J connectivity index is 3.23. The zero-order valence-corrected chi connectivity index (χ0v) is 8.25. The number of halogens is 1. The summed E-state index contributed by atoms with van der Waals surface area (Å²) >= 11 is 5.56. The number of hydrogen-bond acceptors (Lipinski definition) is 5. The van der Waals surface area contributed by atoms with Crippen molar-refractivity contribution in [2.24, 2.45) is 5.92 Å². The summed E-state index contributed by atoms with van der Waals surface area (Å²) in [6.45, 7) is 0. The molecule has 1 N–H and O–H groups in total. The predicted molar refractivity (Wildman–Crippen MR) is 49.2 cm³/mol. The third-order valence-corrected chi connectivity index (χ3v) is 2.86. The Morgan fingerprint density at radius 1 is 1.57 bits per heavy atom. The van der Waals surface area contributed by atoms with Crippen LogP contribution in [-0.2, 0) is 20.0 Å².